The van der Waals surface area contributed by atoms with Gasteiger partial charge in [-0.25, -0.2) is 4.79 Å². The normalized spacial score (nSPS) is 16.2. The molecule has 0 heterocycles. The third kappa shape index (κ3) is 5.27. The standard InChI is InChI=1S/C22H19BrO3/c23-19-10-5-16(6-11-19)9-14-22(25)26-20-12-7-17(8-13-20)15-18-3-1-2-4-21(18)24/h5-15H,1-4H2/b14-9+,18-15-. The minimum Gasteiger partial charge on any atom is -0.423 e. The molecule has 1 saturated carbocycles. The molecule has 0 radical (unpaired) electrons. The van der Waals surface area contributed by atoms with E-state index in [1.54, 1.807) is 18.2 Å². The number of hydrogen-bond donors (Lipinski definition) is 0. The van der Waals surface area contributed by atoms with E-state index in [0.29, 0.717) is 12.2 Å². The Morgan fingerprint density at radius 2 is 1.58 bits per heavy atom. The van der Waals surface area contributed by atoms with Crippen LogP contribution in [0.1, 0.15) is 36.8 Å². The highest BCUT2D eigenvalue weighted by Gasteiger charge is 2.14. The summed E-state index contributed by atoms with van der Waals surface area (Å²) in [5, 5.41) is 0. The predicted octanol–water partition coefficient (Wildman–Crippen LogP) is 5.59. The second kappa shape index (κ2) is 8.77. The fourth-order valence-corrected chi connectivity index (χ4v) is 3.04. The average Bonchev–Trinajstić information content (AvgIpc) is 2.65. The third-order valence-corrected chi connectivity index (χ3v) is 4.71. The summed E-state index contributed by atoms with van der Waals surface area (Å²) in [6.45, 7) is 0. The van der Waals surface area contributed by atoms with E-state index >= 15 is 0 Å². The predicted molar refractivity (Wildman–Crippen MR) is 107 cm³/mol. The molecule has 0 amide bonds. The zero-order valence-electron chi connectivity index (χ0n) is 14.3. The van der Waals surface area contributed by atoms with Crippen molar-refractivity contribution in [3.05, 3.63) is 75.8 Å². The Morgan fingerprint density at radius 1 is 0.923 bits per heavy atom. The Labute approximate surface area is 161 Å². The van der Waals surface area contributed by atoms with Crippen molar-refractivity contribution in [1.82, 2.24) is 0 Å². The minimum atomic E-state index is -0.429. The van der Waals surface area contributed by atoms with Gasteiger partial charge in [0.25, 0.3) is 0 Å². The summed E-state index contributed by atoms with van der Waals surface area (Å²) < 4.78 is 6.29. The summed E-state index contributed by atoms with van der Waals surface area (Å²) in [5.41, 5.74) is 2.75. The fourth-order valence-electron chi connectivity index (χ4n) is 2.78. The van der Waals surface area contributed by atoms with Gasteiger partial charge >= 0.3 is 5.97 Å². The maximum Gasteiger partial charge on any atom is 0.336 e. The number of Topliss-reactive ketones (excluding diaryl/α,β-unsaturated/α-hetero) is 1. The van der Waals surface area contributed by atoms with Gasteiger partial charge in [-0.2, -0.15) is 0 Å². The van der Waals surface area contributed by atoms with Gasteiger partial charge in [-0.15, -0.1) is 0 Å². The second-order valence-electron chi connectivity index (χ2n) is 6.17. The van der Waals surface area contributed by atoms with Gasteiger partial charge in [-0.3, -0.25) is 4.79 Å². The lowest BCUT2D eigenvalue weighted by Crippen LogP contribution is -2.08. The van der Waals surface area contributed by atoms with Crippen LogP contribution >= 0.6 is 15.9 Å². The summed E-state index contributed by atoms with van der Waals surface area (Å²) in [7, 11) is 0. The zero-order valence-corrected chi connectivity index (χ0v) is 15.9. The van der Waals surface area contributed by atoms with E-state index < -0.39 is 5.97 Å². The Balaban J connectivity index is 1.60. The molecule has 0 atom stereocenters. The molecule has 132 valence electrons. The number of ether oxygens (including phenoxy) is 1. The molecular weight excluding hydrogens is 392 g/mol. The summed E-state index contributed by atoms with van der Waals surface area (Å²) in [4.78, 5) is 23.8. The van der Waals surface area contributed by atoms with E-state index in [4.69, 9.17) is 4.74 Å². The Bertz CT molecular complexity index is 846. The summed E-state index contributed by atoms with van der Waals surface area (Å²) in [5.74, 6) is 0.291. The maximum atomic E-state index is 11.9. The highest BCUT2D eigenvalue weighted by atomic mass is 79.9. The summed E-state index contributed by atoms with van der Waals surface area (Å²) in [6, 6.07) is 14.8. The molecule has 0 N–H and O–H groups in total. The van der Waals surface area contributed by atoms with Gasteiger partial charge in [0.2, 0.25) is 0 Å². The number of halogens is 1. The Kier molecular flexibility index (Phi) is 6.18. The first-order valence-corrected chi connectivity index (χ1v) is 9.39. The van der Waals surface area contributed by atoms with Crippen LogP contribution < -0.4 is 4.74 Å². The lowest BCUT2D eigenvalue weighted by molar-refractivity contribution is -0.128. The van der Waals surface area contributed by atoms with Gasteiger partial charge in [-0.05, 0) is 72.4 Å². The molecule has 0 bridgehead atoms. The molecule has 0 spiro atoms. The fraction of sp³-hybridized carbons (Fsp3) is 0.182. The quantitative estimate of drug-likeness (QED) is 0.374. The van der Waals surface area contributed by atoms with Crippen LogP contribution in [0.25, 0.3) is 12.2 Å². The topological polar surface area (TPSA) is 43.4 Å². The molecule has 26 heavy (non-hydrogen) atoms. The van der Waals surface area contributed by atoms with Crippen molar-refractivity contribution in [2.75, 3.05) is 0 Å². The van der Waals surface area contributed by atoms with Crippen LogP contribution in [0.3, 0.4) is 0 Å². The van der Waals surface area contributed by atoms with Gasteiger partial charge in [0, 0.05) is 17.0 Å². The summed E-state index contributed by atoms with van der Waals surface area (Å²) in [6.07, 6.45) is 8.59. The van der Waals surface area contributed by atoms with Crippen LogP contribution in [-0.4, -0.2) is 11.8 Å². The van der Waals surface area contributed by atoms with Crippen LogP contribution in [0.5, 0.6) is 5.75 Å². The van der Waals surface area contributed by atoms with Crippen molar-refractivity contribution in [2.24, 2.45) is 0 Å². The van der Waals surface area contributed by atoms with Crippen LogP contribution in [0.15, 0.2) is 64.7 Å². The number of carbonyl (C=O) groups excluding carboxylic acids is 2. The monoisotopic (exact) mass is 410 g/mol. The number of esters is 1. The Morgan fingerprint density at radius 3 is 2.27 bits per heavy atom. The molecule has 0 saturated heterocycles. The van der Waals surface area contributed by atoms with Gasteiger partial charge in [-0.1, -0.05) is 40.2 Å². The largest absolute Gasteiger partial charge is 0.423 e. The van der Waals surface area contributed by atoms with Crippen molar-refractivity contribution in [1.29, 1.82) is 0 Å². The smallest absolute Gasteiger partial charge is 0.336 e. The van der Waals surface area contributed by atoms with Crippen LogP contribution in [0.4, 0.5) is 0 Å². The number of hydrogen-bond acceptors (Lipinski definition) is 3. The van der Waals surface area contributed by atoms with Crippen molar-refractivity contribution in [3.8, 4) is 5.75 Å². The Hall–Kier alpha value is -2.46. The van der Waals surface area contributed by atoms with E-state index in [-0.39, 0.29) is 5.78 Å². The average molecular weight is 411 g/mol. The van der Waals surface area contributed by atoms with Gasteiger partial charge in [0.05, 0.1) is 0 Å². The molecule has 3 rings (SSSR count). The number of ketones is 1. The highest BCUT2D eigenvalue weighted by molar-refractivity contribution is 9.10. The molecule has 2 aromatic rings. The van der Waals surface area contributed by atoms with Crippen molar-refractivity contribution < 1.29 is 14.3 Å². The maximum absolute atomic E-state index is 11.9. The molecule has 1 aliphatic carbocycles. The number of allylic oxidation sites excluding steroid dienone is 1. The zero-order chi connectivity index (χ0) is 18.4. The third-order valence-electron chi connectivity index (χ3n) is 4.18. The molecule has 0 aliphatic heterocycles. The van der Waals surface area contributed by atoms with Gasteiger partial charge < -0.3 is 4.74 Å². The van der Waals surface area contributed by atoms with E-state index in [9.17, 15) is 9.59 Å². The van der Waals surface area contributed by atoms with Gasteiger partial charge in [0.1, 0.15) is 5.75 Å². The van der Waals surface area contributed by atoms with Crippen LogP contribution in [0.2, 0.25) is 0 Å². The molecule has 0 aromatic heterocycles. The highest BCUT2D eigenvalue weighted by Crippen LogP contribution is 2.23. The molecule has 2 aromatic carbocycles. The molecule has 1 aliphatic rings. The van der Waals surface area contributed by atoms with Gasteiger partial charge in [0.15, 0.2) is 5.78 Å². The molecule has 0 unspecified atom stereocenters. The number of benzene rings is 2. The number of carbonyl (C=O) groups is 2. The lowest BCUT2D eigenvalue weighted by Gasteiger charge is -2.12. The first-order chi connectivity index (χ1) is 12.6. The SMILES string of the molecule is O=C(/C=C/c1ccc(Br)cc1)Oc1ccc(/C=C2/CCCCC2=O)cc1. The van der Waals surface area contributed by atoms with Crippen molar-refractivity contribution >= 4 is 39.8 Å². The molecule has 1 fully saturated rings. The van der Waals surface area contributed by atoms with E-state index in [0.717, 1.165) is 40.4 Å². The van der Waals surface area contributed by atoms with Crippen LogP contribution in [-0.2, 0) is 9.59 Å². The van der Waals surface area contributed by atoms with E-state index in [2.05, 4.69) is 15.9 Å². The first-order valence-electron chi connectivity index (χ1n) is 8.59. The van der Waals surface area contributed by atoms with E-state index in [1.165, 1.54) is 6.08 Å². The molecule has 3 nitrogen and oxygen atoms in total. The molecular formula is C22H19BrO3. The lowest BCUT2D eigenvalue weighted by atomic mass is 9.92. The van der Waals surface area contributed by atoms with Crippen molar-refractivity contribution in [2.45, 2.75) is 25.7 Å². The number of rotatable bonds is 4. The second-order valence-corrected chi connectivity index (χ2v) is 7.09. The summed E-state index contributed by atoms with van der Waals surface area (Å²) >= 11 is 3.37. The molecule has 4 heteroatoms. The first kappa shape index (κ1) is 18.3. The van der Waals surface area contributed by atoms with Crippen LogP contribution in [0, 0.1) is 0 Å². The van der Waals surface area contributed by atoms with Crippen molar-refractivity contribution in [3.63, 3.8) is 0 Å². The van der Waals surface area contributed by atoms with E-state index in [1.807, 2.05) is 42.5 Å². The minimum absolute atomic E-state index is 0.241.